The normalized spacial score (nSPS) is 26.3. The van der Waals surface area contributed by atoms with Crippen molar-refractivity contribution >= 4 is 0 Å². The molecule has 1 aliphatic rings. The van der Waals surface area contributed by atoms with Crippen LogP contribution in [0.3, 0.4) is 0 Å². The van der Waals surface area contributed by atoms with Crippen LogP contribution in [0.15, 0.2) is 24.3 Å². The first-order chi connectivity index (χ1) is 7.27. The van der Waals surface area contributed by atoms with Crippen LogP contribution >= 0.6 is 0 Å². The molecule has 82 valence electrons. The lowest BCUT2D eigenvalue weighted by atomic mass is 9.93. The number of para-hydroxylation sites is 1. The summed E-state index contributed by atoms with van der Waals surface area (Å²) in [6.45, 7) is 0. The van der Waals surface area contributed by atoms with E-state index in [4.69, 9.17) is 10.5 Å². The second kappa shape index (κ2) is 4.62. The first-order valence-corrected chi connectivity index (χ1v) is 5.44. The molecule has 0 saturated heterocycles. The van der Waals surface area contributed by atoms with Gasteiger partial charge in [0.15, 0.2) is 11.6 Å². The third kappa shape index (κ3) is 2.48. The number of hydrogen-bond acceptors (Lipinski definition) is 2. The fraction of sp³-hybridized carbons (Fsp3) is 0.500. The second-order valence-electron chi connectivity index (χ2n) is 4.04. The summed E-state index contributed by atoms with van der Waals surface area (Å²) in [5, 5.41) is 0. The topological polar surface area (TPSA) is 35.2 Å². The Morgan fingerprint density at radius 2 is 1.93 bits per heavy atom. The van der Waals surface area contributed by atoms with Crippen LogP contribution in [0.1, 0.15) is 25.7 Å². The third-order valence-corrected chi connectivity index (χ3v) is 2.87. The first kappa shape index (κ1) is 10.4. The molecular weight excluding hydrogens is 193 g/mol. The van der Waals surface area contributed by atoms with Crippen LogP contribution in [-0.2, 0) is 0 Å². The van der Waals surface area contributed by atoms with E-state index < -0.39 is 0 Å². The molecule has 3 heteroatoms. The maximum absolute atomic E-state index is 13.3. The number of rotatable bonds is 2. The molecule has 1 aromatic carbocycles. The minimum absolute atomic E-state index is 0.0318. The van der Waals surface area contributed by atoms with Gasteiger partial charge in [0.1, 0.15) is 6.10 Å². The predicted octanol–water partition coefficient (Wildman–Crippen LogP) is 2.47. The van der Waals surface area contributed by atoms with E-state index in [9.17, 15) is 4.39 Å². The lowest BCUT2D eigenvalue weighted by Crippen LogP contribution is -2.41. The van der Waals surface area contributed by atoms with Crippen LogP contribution in [0.2, 0.25) is 0 Å². The van der Waals surface area contributed by atoms with Crippen molar-refractivity contribution in [3.05, 3.63) is 30.1 Å². The van der Waals surface area contributed by atoms with Crippen molar-refractivity contribution in [2.75, 3.05) is 0 Å². The summed E-state index contributed by atoms with van der Waals surface area (Å²) < 4.78 is 18.9. The Kier molecular flexibility index (Phi) is 3.21. The molecule has 0 bridgehead atoms. The maximum atomic E-state index is 13.3. The summed E-state index contributed by atoms with van der Waals surface area (Å²) >= 11 is 0. The van der Waals surface area contributed by atoms with Crippen molar-refractivity contribution in [3.63, 3.8) is 0 Å². The summed E-state index contributed by atoms with van der Waals surface area (Å²) in [7, 11) is 0. The van der Waals surface area contributed by atoms with E-state index in [1.807, 2.05) is 0 Å². The maximum Gasteiger partial charge on any atom is 0.165 e. The third-order valence-electron chi connectivity index (χ3n) is 2.87. The van der Waals surface area contributed by atoms with Gasteiger partial charge in [-0.15, -0.1) is 0 Å². The predicted molar refractivity (Wildman–Crippen MR) is 57.3 cm³/mol. The zero-order chi connectivity index (χ0) is 10.7. The van der Waals surface area contributed by atoms with E-state index in [1.165, 1.54) is 6.07 Å². The van der Waals surface area contributed by atoms with Gasteiger partial charge in [0, 0.05) is 6.04 Å². The molecule has 2 N–H and O–H groups in total. The molecule has 1 aromatic rings. The largest absolute Gasteiger partial charge is 0.486 e. The van der Waals surface area contributed by atoms with Gasteiger partial charge in [-0.1, -0.05) is 18.6 Å². The SMILES string of the molecule is N[C@@H]1CCCC[C@H]1Oc1ccccc1F. The Balaban J connectivity index is 2.04. The van der Waals surface area contributed by atoms with E-state index in [2.05, 4.69) is 0 Å². The molecule has 0 spiro atoms. The summed E-state index contributed by atoms with van der Waals surface area (Å²) in [4.78, 5) is 0. The first-order valence-electron chi connectivity index (χ1n) is 5.44. The molecule has 0 aliphatic heterocycles. The van der Waals surface area contributed by atoms with Crippen molar-refractivity contribution in [1.82, 2.24) is 0 Å². The summed E-state index contributed by atoms with van der Waals surface area (Å²) in [6, 6.07) is 6.52. The molecule has 2 rings (SSSR count). The van der Waals surface area contributed by atoms with Gasteiger partial charge in [0.2, 0.25) is 0 Å². The summed E-state index contributed by atoms with van der Waals surface area (Å²) in [5.41, 5.74) is 5.93. The minimum atomic E-state index is -0.310. The fourth-order valence-corrected chi connectivity index (χ4v) is 1.98. The van der Waals surface area contributed by atoms with E-state index in [1.54, 1.807) is 18.2 Å². The molecule has 0 radical (unpaired) electrons. The van der Waals surface area contributed by atoms with Gasteiger partial charge in [-0.2, -0.15) is 0 Å². The Hall–Kier alpha value is -1.09. The van der Waals surface area contributed by atoms with E-state index >= 15 is 0 Å². The van der Waals surface area contributed by atoms with Crippen LogP contribution in [0.25, 0.3) is 0 Å². The minimum Gasteiger partial charge on any atom is -0.486 e. The van der Waals surface area contributed by atoms with Gasteiger partial charge in [-0.3, -0.25) is 0 Å². The molecule has 0 amide bonds. The lowest BCUT2D eigenvalue weighted by Gasteiger charge is -2.29. The Morgan fingerprint density at radius 1 is 1.20 bits per heavy atom. The fourth-order valence-electron chi connectivity index (χ4n) is 1.98. The molecule has 2 atom stereocenters. The molecule has 0 aromatic heterocycles. The van der Waals surface area contributed by atoms with Crippen LogP contribution in [0.5, 0.6) is 5.75 Å². The van der Waals surface area contributed by atoms with Gasteiger partial charge in [0.05, 0.1) is 0 Å². The highest BCUT2D eigenvalue weighted by Gasteiger charge is 2.24. The van der Waals surface area contributed by atoms with Crippen LogP contribution < -0.4 is 10.5 Å². The standard InChI is InChI=1S/C12H16FNO/c13-9-5-1-3-7-11(9)15-12-8-4-2-6-10(12)14/h1,3,5,7,10,12H,2,4,6,8,14H2/t10-,12-/m1/s1. The summed E-state index contributed by atoms with van der Waals surface area (Å²) in [6.07, 6.45) is 4.13. The van der Waals surface area contributed by atoms with E-state index in [0.29, 0.717) is 5.75 Å². The van der Waals surface area contributed by atoms with Crippen molar-refractivity contribution in [3.8, 4) is 5.75 Å². The summed E-state index contributed by atoms with van der Waals surface area (Å²) in [5.74, 6) is 0.00937. The molecule has 1 aliphatic carbocycles. The molecule has 0 unspecified atom stereocenters. The number of halogens is 1. The van der Waals surface area contributed by atoms with Gasteiger partial charge in [-0.05, 0) is 31.4 Å². The van der Waals surface area contributed by atoms with Gasteiger partial charge in [0.25, 0.3) is 0 Å². The molecule has 2 nitrogen and oxygen atoms in total. The zero-order valence-corrected chi connectivity index (χ0v) is 8.66. The van der Waals surface area contributed by atoms with E-state index in [-0.39, 0.29) is 18.0 Å². The van der Waals surface area contributed by atoms with Gasteiger partial charge < -0.3 is 10.5 Å². The van der Waals surface area contributed by atoms with Crippen molar-refractivity contribution in [2.24, 2.45) is 5.73 Å². The molecule has 15 heavy (non-hydrogen) atoms. The van der Waals surface area contributed by atoms with Gasteiger partial charge in [-0.25, -0.2) is 4.39 Å². The number of benzene rings is 1. The quantitative estimate of drug-likeness (QED) is 0.812. The smallest absolute Gasteiger partial charge is 0.165 e. The van der Waals surface area contributed by atoms with E-state index in [0.717, 1.165) is 25.7 Å². The van der Waals surface area contributed by atoms with Crippen LogP contribution in [0, 0.1) is 5.82 Å². The highest BCUT2D eigenvalue weighted by molar-refractivity contribution is 5.24. The molecular formula is C12H16FNO. The number of nitrogens with two attached hydrogens (primary N) is 1. The Morgan fingerprint density at radius 3 is 2.67 bits per heavy atom. The van der Waals surface area contributed by atoms with Crippen molar-refractivity contribution in [2.45, 2.75) is 37.8 Å². The highest BCUT2D eigenvalue weighted by atomic mass is 19.1. The monoisotopic (exact) mass is 209 g/mol. The van der Waals surface area contributed by atoms with Gasteiger partial charge >= 0.3 is 0 Å². The average molecular weight is 209 g/mol. The van der Waals surface area contributed by atoms with Crippen LogP contribution in [0.4, 0.5) is 4.39 Å². The molecule has 1 saturated carbocycles. The lowest BCUT2D eigenvalue weighted by molar-refractivity contribution is 0.127. The highest BCUT2D eigenvalue weighted by Crippen LogP contribution is 2.24. The zero-order valence-electron chi connectivity index (χ0n) is 8.66. The van der Waals surface area contributed by atoms with Crippen molar-refractivity contribution in [1.29, 1.82) is 0 Å². The molecule has 0 heterocycles. The number of hydrogen-bond donors (Lipinski definition) is 1. The number of ether oxygens (including phenoxy) is 1. The second-order valence-corrected chi connectivity index (χ2v) is 4.04. The Labute approximate surface area is 89.2 Å². The Bertz CT molecular complexity index is 329. The van der Waals surface area contributed by atoms with Crippen molar-refractivity contribution < 1.29 is 9.13 Å². The van der Waals surface area contributed by atoms with Crippen LogP contribution in [-0.4, -0.2) is 12.1 Å². The molecule has 1 fully saturated rings. The average Bonchev–Trinajstić information content (AvgIpc) is 2.24.